The number of halogens is 1. The molecular weight excluding hydrogens is 431 g/mol. The van der Waals surface area contributed by atoms with Crippen molar-refractivity contribution in [2.75, 3.05) is 11.9 Å². The minimum absolute atomic E-state index is 0.0232. The van der Waals surface area contributed by atoms with E-state index in [-0.39, 0.29) is 17.0 Å². The molecule has 1 unspecified atom stereocenters. The lowest BCUT2D eigenvalue weighted by Crippen LogP contribution is -2.45. The van der Waals surface area contributed by atoms with Gasteiger partial charge in [0.05, 0.1) is 11.5 Å². The van der Waals surface area contributed by atoms with Gasteiger partial charge < -0.3 is 10.1 Å². The van der Waals surface area contributed by atoms with E-state index in [2.05, 4.69) is 10.0 Å². The average Bonchev–Trinajstić information content (AvgIpc) is 2.75. The second kappa shape index (κ2) is 10.4. The first-order valence-corrected chi connectivity index (χ1v) is 11.6. The van der Waals surface area contributed by atoms with Crippen LogP contribution in [0, 0.1) is 12.7 Å². The molecule has 3 aromatic carbocycles. The molecule has 2 N–H and O–H groups in total. The molecule has 1 amide bonds. The minimum atomic E-state index is -4.02. The quantitative estimate of drug-likeness (QED) is 0.509. The van der Waals surface area contributed by atoms with E-state index in [9.17, 15) is 17.6 Å². The molecule has 3 rings (SSSR count). The summed E-state index contributed by atoms with van der Waals surface area (Å²) in [6, 6.07) is 17.9. The fourth-order valence-electron chi connectivity index (χ4n) is 3.20. The predicted octanol–water partition coefficient (Wildman–Crippen LogP) is 4.06. The molecule has 0 aromatic heterocycles. The Morgan fingerprint density at radius 3 is 2.44 bits per heavy atom. The number of benzene rings is 3. The molecule has 8 heteroatoms. The molecule has 0 heterocycles. The summed E-state index contributed by atoms with van der Waals surface area (Å²) in [5.74, 6) is -0.505. The number of ether oxygens (including phenoxy) is 1. The Morgan fingerprint density at radius 1 is 1.03 bits per heavy atom. The molecule has 0 fully saturated rings. The van der Waals surface area contributed by atoms with Gasteiger partial charge in [0.15, 0.2) is 0 Å². The van der Waals surface area contributed by atoms with E-state index >= 15 is 0 Å². The van der Waals surface area contributed by atoms with Gasteiger partial charge in [0, 0.05) is 5.69 Å². The monoisotopic (exact) mass is 456 g/mol. The van der Waals surface area contributed by atoms with Crippen molar-refractivity contribution in [3.8, 4) is 5.75 Å². The molecule has 0 spiro atoms. The van der Waals surface area contributed by atoms with E-state index in [0.29, 0.717) is 17.9 Å². The third-order valence-corrected chi connectivity index (χ3v) is 6.21. The maximum Gasteiger partial charge on any atom is 0.242 e. The van der Waals surface area contributed by atoms with Crippen molar-refractivity contribution in [3.05, 3.63) is 89.7 Å². The Labute approximate surface area is 187 Å². The summed E-state index contributed by atoms with van der Waals surface area (Å²) in [5.41, 5.74) is 1.68. The van der Waals surface area contributed by atoms with Gasteiger partial charge in [-0.15, -0.1) is 0 Å². The first-order chi connectivity index (χ1) is 15.3. The maximum atomic E-state index is 13.5. The lowest BCUT2D eigenvalue weighted by Gasteiger charge is -2.19. The van der Waals surface area contributed by atoms with Gasteiger partial charge in [0.1, 0.15) is 17.6 Å². The topological polar surface area (TPSA) is 84.5 Å². The van der Waals surface area contributed by atoms with Crippen molar-refractivity contribution in [1.29, 1.82) is 0 Å². The first kappa shape index (κ1) is 23.4. The van der Waals surface area contributed by atoms with Gasteiger partial charge in [-0.2, -0.15) is 4.72 Å². The van der Waals surface area contributed by atoms with Gasteiger partial charge in [-0.3, -0.25) is 4.79 Å². The smallest absolute Gasteiger partial charge is 0.242 e. The Kier molecular flexibility index (Phi) is 7.61. The number of carbonyl (C=O) groups is 1. The third-order valence-electron chi connectivity index (χ3n) is 4.75. The number of hydrogen-bond acceptors (Lipinski definition) is 4. The summed E-state index contributed by atoms with van der Waals surface area (Å²) >= 11 is 0. The van der Waals surface area contributed by atoms with E-state index in [1.807, 2.05) is 13.0 Å². The number of anilines is 1. The zero-order valence-electron chi connectivity index (χ0n) is 17.8. The number of hydrogen-bond donors (Lipinski definition) is 2. The Hall–Kier alpha value is -3.23. The summed E-state index contributed by atoms with van der Waals surface area (Å²) < 4.78 is 47.6. The summed E-state index contributed by atoms with van der Waals surface area (Å²) in [4.78, 5) is 13.0. The van der Waals surface area contributed by atoms with Crippen molar-refractivity contribution in [3.63, 3.8) is 0 Å². The molecule has 1 atom stereocenters. The molecule has 6 nitrogen and oxygen atoms in total. The molecular formula is C24H25FN2O4S. The van der Waals surface area contributed by atoms with Gasteiger partial charge in [0.25, 0.3) is 0 Å². The number of sulfonamides is 1. The van der Waals surface area contributed by atoms with Crippen LogP contribution in [-0.4, -0.2) is 27.0 Å². The standard InChI is InChI=1S/C24H25FN2O4S/c1-3-31-23-13-12-21(14-17(23)2)32(29,30)27-22(15-18-8-5-4-6-9-18)24(28)26-20-11-7-10-19(25)16-20/h4-14,16,22,27H,3,15H2,1-2H3,(H,26,28). The van der Waals surface area contributed by atoms with Gasteiger partial charge in [-0.25, -0.2) is 12.8 Å². The normalized spacial score (nSPS) is 12.2. The zero-order chi connectivity index (χ0) is 23.1. The van der Waals surface area contributed by atoms with Crippen LogP contribution in [0.4, 0.5) is 10.1 Å². The molecule has 32 heavy (non-hydrogen) atoms. The average molecular weight is 457 g/mol. The molecule has 0 bridgehead atoms. The number of amides is 1. The van der Waals surface area contributed by atoms with E-state index in [1.165, 1.54) is 36.4 Å². The number of nitrogens with one attached hydrogen (secondary N) is 2. The van der Waals surface area contributed by atoms with Crippen LogP contribution in [0.3, 0.4) is 0 Å². The van der Waals surface area contributed by atoms with Gasteiger partial charge in [-0.1, -0.05) is 36.4 Å². The van der Waals surface area contributed by atoms with Crippen molar-refractivity contribution >= 4 is 21.6 Å². The molecule has 0 radical (unpaired) electrons. The summed E-state index contributed by atoms with van der Waals surface area (Å²) in [7, 11) is -4.02. The lowest BCUT2D eigenvalue weighted by molar-refractivity contribution is -0.117. The van der Waals surface area contributed by atoms with Gasteiger partial charge in [-0.05, 0) is 67.8 Å². The predicted molar refractivity (Wildman–Crippen MR) is 122 cm³/mol. The lowest BCUT2D eigenvalue weighted by atomic mass is 10.1. The molecule has 3 aromatic rings. The van der Waals surface area contributed by atoms with Crippen LogP contribution in [0.1, 0.15) is 18.1 Å². The van der Waals surface area contributed by atoms with Crippen molar-refractivity contribution in [2.45, 2.75) is 31.2 Å². The molecule has 0 aliphatic heterocycles. The molecule has 0 aliphatic rings. The molecule has 0 saturated carbocycles. The van der Waals surface area contributed by atoms with Crippen LogP contribution in [0.15, 0.2) is 77.7 Å². The van der Waals surface area contributed by atoms with Crippen LogP contribution in [-0.2, 0) is 21.2 Å². The highest BCUT2D eigenvalue weighted by Crippen LogP contribution is 2.22. The van der Waals surface area contributed by atoms with E-state index in [0.717, 1.165) is 5.56 Å². The number of aryl methyl sites for hydroxylation is 1. The maximum absolute atomic E-state index is 13.5. The summed E-state index contributed by atoms with van der Waals surface area (Å²) in [6.07, 6.45) is 0.122. The van der Waals surface area contributed by atoms with Crippen LogP contribution in [0.2, 0.25) is 0 Å². The van der Waals surface area contributed by atoms with Crippen LogP contribution < -0.4 is 14.8 Å². The van der Waals surface area contributed by atoms with E-state index < -0.39 is 27.8 Å². The van der Waals surface area contributed by atoms with Crippen molar-refractivity contribution in [1.82, 2.24) is 4.72 Å². The second-order valence-electron chi connectivity index (χ2n) is 7.22. The van der Waals surface area contributed by atoms with E-state index in [4.69, 9.17) is 4.74 Å². The van der Waals surface area contributed by atoms with Crippen molar-refractivity contribution < 1.29 is 22.3 Å². The highest BCUT2D eigenvalue weighted by Gasteiger charge is 2.27. The molecule has 168 valence electrons. The van der Waals surface area contributed by atoms with Crippen molar-refractivity contribution in [2.24, 2.45) is 0 Å². The SMILES string of the molecule is CCOc1ccc(S(=O)(=O)NC(Cc2ccccc2)C(=O)Nc2cccc(F)c2)cc1C. The van der Waals surface area contributed by atoms with E-state index in [1.54, 1.807) is 37.3 Å². The number of rotatable bonds is 9. The third kappa shape index (κ3) is 6.15. The second-order valence-corrected chi connectivity index (χ2v) is 8.94. The first-order valence-electron chi connectivity index (χ1n) is 10.1. The highest BCUT2D eigenvalue weighted by atomic mass is 32.2. The zero-order valence-corrected chi connectivity index (χ0v) is 18.7. The number of carbonyl (C=O) groups excluding carboxylic acids is 1. The molecule has 0 aliphatic carbocycles. The summed E-state index contributed by atoms with van der Waals surface area (Å²) in [5, 5.41) is 2.59. The Morgan fingerprint density at radius 2 is 1.78 bits per heavy atom. The van der Waals surface area contributed by atoms with Gasteiger partial charge in [0.2, 0.25) is 15.9 Å². The van der Waals surface area contributed by atoms with Gasteiger partial charge >= 0.3 is 0 Å². The largest absolute Gasteiger partial charge is 0.494 e. The van der Waals surface area contributed by atoms with Crippen LogP contribution in [0.5, 0.6) is 5.75 Å². The fourth-order valence-corrected chi connectivity index (χ4v) is 4.48. The summed E-state index contributed by atoms with van der Waals surface area (Å²) in [6.45, 7) is 4.06. The Balaban J connectivity index is 1.87. The molecule has 0 saturated heterocycles. The minimum Gasteiger partial charge on any atom is -0.494 e. The van der Waals surface area contributed by atoms with Crippen LogP contribution >= 0.6 is 0 Å². The Bertz CT molecular complexity index is 1180. The highest BCUT2D eigenvalue weighted by molar-refractivity contribution is 7.89. The van der Waals surface area contributed by atoms with Crippen LogP contribution in [0.25, 0.3) is 0 Å². The fraction of sp³-hybridized carbons (Fsp3) is 0.208.